The smallest absolute Gasteiger partial charge is 0.225 e. The summed E-state index contributed by atoms with van der Waals surface area (Å²) in [6.45, 7) is 8.43. The van der Waals surface area contributed by atoms with E-state index < -0.39 is 0 Å². The van der Waals surface area contributed by atoms with Gasteiger partial charge in [0.1, 0.15) is 10.6 Å². The largest absolute Gasteiger partial charge is 0.365 e. The van der Waals surface area contributed by atoms with Crippen LogP contribution in [0.2, 0.25) is 5.28 Å². The fourth-order valence-corrected chi connectivity index (χ4v) is 2.76. The predicted molar refractivity (Wildman–Crippen MR) is 75.2 cm³/mol. The van der Waals surface area contributed by atoms with Crippen LogP contribution in [0.25, 0.3) is 10.2 Å². The Morgan fingerprint density at radius 3 is 2.65 bits per heavy atom. The molecule has 0 saturated carbocycles. The number of hydrogen-bond acceptors (Lipinski definition) is 4. The lowest BCUT2D eigenvalue weighted by Gasteiger charge is -2.21. The van der Waals surface area contributed by atoms with Gasteiger partial charge in [-0.2, -0.15) is 0 Å². The minimum Gasteiger partial charge on any atom is -0.365 e. The van der Waals surface area contributed by atoms with E-state index in [1.54, 1.807) is 11.3 Å². The van der Waals surface area contributed by atoms with Gasteiger partial charge in [-0.3, -0.25) is 0 Å². The molecule has 92 valence electrons. The van der Waals surface area contributed by atoms with Crippen LogP contribution >= 0.6 is 22.9 Å². The molecule has 0 aliphatic carbocycles. The third kappa shape index (κ3) is 2.87. The Morgan fingerprint density at radius 2 is 2.06 bits per heavy atom. The standard InChI is InChI=1S/C12H16ClN3S/c1-5-7-6-8-9(16-12(2,3)4)14-11(13)15-10(8)17-7/h6H,5H2,1-4H3,(H,14,15,16). The molecule has 0 aromatic carbocycles. The molecule has 0 aliphatic heterocycles. The summed E-state index contributed by atoms with van der Waals surface area (Å²) < 4.78 is 0. The molecule has 1 N–H and O–H groups in total. The summed E-state index contributed by atoms with van der Waals surface area (Å²) in [7, 11) is 0. The molecule has 2 rings (SSSR count). The van der Waals surface area contributed by atoms with Gasteiger partial charge in [-0.15, -0.1) is 11.3 Å². The average Bonchev–Trinajstić information content (AvgIpc) is 2.58. The van der Waals surface area contributed by atoms with E-state index in [9.17, 15) is 0 Å². The second-order valence-corrected chi connectivity index (χ2v) is 6.45. The first-order valence-corrected chi connectivity index (χ1v) is 6.82. The van der Waals surface area contributed by atoms with E-state index in [0.717, 1.165) is 22.5 Å². The molecule has 0 unspecified atom stereocenters. The van der Waals surface area contributed by atoms with Gasteiger partial charge < -0.3 is 5.32 Å². The molecule has 0 atom stereocenters. The zero-order chi connectivity index (χ0) is 12.6. The Balaban J connectivity index is 2.56. The van der Waals surface area contributed by atoms with Crippen molar-refractivity contribution in [3.63, 3.8) is 0 Å². The van der Waals surface area contributed by atoms with Crippen molar-refractivity contribution in [2.24, 2.45) is 0 Å². The van der Waals surface area contributed by atoms with Crippen molar-refractivity contribution in [3.05, 3.63) is 16.2 Å². The zero-order valence-corrected chi connectivity index (χ0v) is 12.0. The molecule has 5 heteroatoms. The number of aryl methyl sites for hydroxylation is 1. The van der Waals surface area contributed by atoms with Gasteiger partial charge in [0.25, 0.3) is 0 Å². The molecular weight excluding hydrogens is 254 g/mol. The molecular formula is C12H16ClN3S. The van der Waals surface area contributed by atoms with Crippen LogP contribution in [0.1, 0.15) is 32.6 Å². The Bertz CT molecular complexity index is 542. The van der Waals surface area contributed by atoms with Crippen LogP contribution in [0, 0.1) is 0 Å². The Labute approximate surface area is 110 Å². The second kappa shape index (κ2) is 4.42. The van der Waals surface area contributed by atoms with E-state index in [1.807, 2.05) is 0 Å². The van der Waals surface area contributed by atoms with Crippen molar-refractivity contribution < 1.29 is 0 Å². The van der Waals surface area contributed by atoms with Gasteiger partial charge >= 0.3 is 0 Å². The third-order valence-electron chi connectivity index (χ3n) is 2.26. The first kappa shape index (κ1) is 12.6. The Kier molecular flexibility index (Phi) is 3.27. The molecule has 2 heterocycles. The molecule has 0 radical (unpaired) electrons. The summed E-state index contributed by atoms with van der Waals surface area (Å²) in [5.74, 6) is 0.823. The second-order valence-electron chi connectivity index (χ2n) is 5.00. The van der Waals surface area contributed by atoms with E-state index in [2.05, 4.69) is 49.0 Å². The highest BCUT2D eigenvalue weighted by atomic mass is 35.5. The summed E-state index contributed by atoms with van der Waals surface area (Å²) in [5.41, 5.74) is -0.0427. The number of hydrogen-bond donors (Lipinski definition) is 1. The maximum Gasteiger partial charge on any atom is 0.225 e. The summed E-state index contributed by atoms with van der Waals surface area (Å²) in [5, 5.41) is 4.73. The number of fused-ring (bicyclic) bond motifs is 1. The summed E-state index contributed by atoms with van der Waals surface area (Å²) in [4.78, 5) is 10.8. The monoisotopic (exact) mass is 269 g/mol. The normalized spacial score (nSPS) is 12.1. The van der Waals surface area contributed by atoms with Gasteiger partial charge in [-0.05, 0) is 44.9 Å². The van der Waals surface area contributed by atoms with Gasteiger partial charge in [0, 0.05) is 10.4 Å². The Morgan fingerprint density at radius 1 is 1.35 bits per heavy atom. The summed E-state index contributed by atoms with van der Waals surface area (Å²) in [6.07, 6.45) is 1.01. The van der Waals surface area contributed by atoms with E-state index >= 15 is 0 Å². The lowest BCUT2D eigenvalue weighted by Crippen LogP contribution is -2.26. The van der Waals surface area contributed by atoms with Gasteiger partial charge in [-0.25, -0.2) is 9.97 Å². The molecule has 3 nitrogen and oxygen atoms in total. The van der Waals surface area contributed by atoms with Crippen LogP contribution in [0.3, 0.4) is 0 Å². The van der Waals surface area contributed by atoms with Crippen LogP contribution in [-0.2, 0) is 6.42 Å². The van der Waals surface area contributed by atoms with Crippen molar-refractivity contribution in [1.82, 2.24) is 9.97 Å². The molecule has 17 heavy (non-hydrogen) atoms. The lowest BCUT2D eigenvalue weighted by molar-refractivity contribution is 0.631. The molecule has 0 saturated heterocycles. The maximum absolute atomic E-state index is 5.95. The highest BCUT2D eigenvalue weighted by Gasteiger charge is 2.15. The quantitative estimate of drug-likeness (QED) is 0.834. The SMILES string of the molecule is CCc1cc2c(NC(C)(C)C)nc(Cl)nc2s1. The number of nitrogens with one attached hydrogen (secondary N) is 1. The van der Waals surface area contributed by atoms with Crippen LogP contribution in [-0.4, -0.2) is 15.5 Å². The molecule has 0 fully saturated rings. The number of rotatable bonds is 2. The molecule has 0 spiro atoms. The van der Waals surface area contributed by atoms with Crippen LogP contribution < -0.4 is 5.32 Å². The van der Waals surface area contributed by atoms with Crippen LogP contribution in [0.15, 0.2) is 6.07 Å². The number of thiophene rings is 1. The first-order valence-electron chi connectivity index (χ1n) is 5.63. The first-order chi connectivity index (χ1) is 7.89. The van der Waals surface area contributed by atoms with Crippen molar-refractivity contribution in [3.8, 4) is 0 Å². The number of nitrogens with zero attached hydrogens (tertiary/aromatic N) is 2. The fourth-order valence-electron chi connectivity index (χ4n) is 1.57. The van der Waals surface area contributed by atoms with Gasteiger partial charge in [0.2, 0.25) is 5.28 Å². The van der Waals surface area contributed by atoms with Gasteiger partial charge in [0.05, 0.1) is 5.39 Å². The number of halogens is 1. The van der Waals surface area contributed by atoms with E-state index in [0.29, 0.717) is 5.28 Å². The molecule has 0 aliphatic rings. The van der Waals surface area contributed by atoms with Crippen molar-refractivity contribution in [2.45, 2.75) is 39.7 Å². The van der Waals surface area contributed by atoms with Crippen molar-refractivity contribution in [2.75, 3.05) is 5.32 Å². The molecule has 2 aromatic heterocycles. The lowest BCUT2D eigenvalue weighted by atomic mass is 10.1. The third-order valence-corrected chi connectivity index (χ3v) is 3.60. The van der Waals surface area contributed by atoms with Gasteiger partial charge in [-0.1, -0.05) is 6.92 Å². The number of anilines is 1. The predicted octanol–water partition coefficient (Wildman–Crippen LogP) is 4.12. The zero-order valence-electron chi connectivity index (χ0n) is 10.5. The fraction of sp³-hybridized carbons (Fsp3) is 0.500. The van der Waals surface area contributed by atoms with Crippen molar-refractivity contribution >= 4 is 39.0 Å². The van der Waals surface area contributed by atoms with Crippen molar-refractivity contribution in [1.29, 1.82) is 0 Å². The summed E-state index contributed by atoms with van der Waals surface area (Å²) >= 11 is 7.63. The highest BCUT2D eigenvalue weighted by molar-refractivity contribution is 7.18. The Hall–Kier alpha value is -0.870. The molecule has 0 amide bonds. The van der Waals surface area contributed by atoms with Crippen LogP contribution in [0.5, 0.6) is 0 Å². The number of aromatic nitrogens is 2. The summed E-state index contributed by atoms with van der Waals surface area (Å²) in [6, 6.07) is 2.14. The van der Waals surface area contributed by atoms with Gasteiger partial charge in [0.15, 0.2) is 0 Å². The molecule has 2 aromatic rings. The van der Waals surface area contributed by atoms with E-state index in [1.165, 1.54) is 4.88 Å². The minimum absolute atomic E-state index is 0.0427. The van der Waals surface area contributed by atoms with E-state index in [-0.39, 0.29) is 5.54 Å². The highest BCUT2D eigenvalue weighted by Crippen LogP contribution is 2.31. The molecule has 0 bridgehead atoms. The minimum atomic E-state index is -0.0427. The topological polar surface area (TPSA) is 37.8 Å². The van der Waals surface area contributed by atoms with Crippen LogP contribution in [0.4, 0.5) is 5.82 Å². The maximum atomic E-state index is 5.95. The average molecular weight is 270 g/mol. The van der Waals surface area contributed by atoms with E-state index in [4.69, 9.17) is 11.6 Å².